The van der Waals surface area contributed by atoms with Gasteiger partial charge in [-0.2, -0.15) is 9.97 Å². The predicted molar refractivity (Wildman–Crippen MR) is 179 cm³/mol. The molecule has 0 atom stereocenters. The fourth-order valence-corrected chi connectivity index (χ4v) is 6.08. The minimum absolute atomic E-state index is 0.171. The first-order chi connectivity index (χ1) is 21.2. The van der Waals surface area contributed by atoms with Crippen LogP contribution in [-0.4, -0.2) is 15.0 Å². The minimum atomic E-state index is 0.171. The van der Waals surface area contributed by atoms with Gasteiger partial charge >= 0.3 is 0 Å². The molecule has 0 aliphatic carbocycles. The van der Waals surface area contributed by atoms with Crippen molar-refractivity contribution in [3.8, 4) is 45.0 Å². The summed E-state index contributed by atoms with van der Waals surface area (Å²) in [6.07, 6.45) is 0. The van der Waals surface area contributed by atoms with Gasteiger partial charge in [0.05, 0.1) is 0 Å². The summed E-state index contributed by atoms with van der Waals surface area (Å²) in [5.74, 6) is 1.10. The van der Waals surface area contributed by atoms with E-state index in [9.17, 15) is 0 Å². The van der Waals surface area contributed by atoms with Gasteiger partial charge in [-0.1, -0.05) is 127 Å². The predicted octanol–water partition coefficient (Wildman–Crippen LogP) is 10.7. The van der Waals surface area contributed by atoms with E-state index in [0.29, 0.717) is 11.6 Å². The van der Waals surface area contributed by atoms with Crippen molar-refractivity contribution in [3.05, 3.63) is 151 Å². The van der Waals surface area contributed by atoms with Crippen molar-refractivity contribution in [2.45, 2.75) is 0 Å². The molecule has 0 spiro atoms. The van der Waals surface area contributed by atoms with Gasteiger partial charge in [-0.25, -0.2) is 4.98 Å². The summed E-state index contributed by atoms with van der Waals surface area (Å²) in [6.45, 7) is 0. The average Bonchev–Trinajstić information content (AvgIpc) is 3.07. The van der Waals surface area contributed by atoms with Gasteiger partial charge < -0.3 is 0 Å². The lowest BCUT2D eigenvalue weighted by atomic mass is 9.96. The Hall–Kier alpha value is -5.38. The minimum Gasteiger partial charge on any atom is -0.208 e. The Bertz CT molecular complexity index is 2310. The van der Waals surface area contributed by atoms with Crippen molar-refractivity contribution in [2.24, 2.45) is 0 Å². The zero-order valence-corrected chi connectivity index (χ0v) is 23.8. The highest BCUT2D eigenvalue weighted by Crippen LogP contribution is 2.34. The molecule has 43 heavy (non-hydrogen) atoms. The lowest BCUT2D eigenvalue weighted by Gasteiger charge is -2.11. The van der Waals surface area contributed by atoms with Gasteiger partial charge in [-0.3, -0.25) is 0 Å². The molecule has 1 heterocycles. The van der Waals surface area contributed by atoms with Crippen molar-refractivity contribution in [2.75, 3.05) is 0 Å². The molecular formula is C39H24ClN3. The van der Waals surface area contributed by atoms with Crippen LogP contribution in [0.2, 0.25) is 5.28 Å². The van der Waals surface area contributed by atoms with Gasteiger partial charge in [0, 0.05) is 11.1 Å². The number of rotatable bonds is 4. The number of aromatic nitrogens is 3. The molecule has 3 nitrogen and oxygen atoms in total. The molecule has 0 bridgehead atoms. The van der Waals surface area contributed by atoms with Crippen LogP contribution in [0.4, 0.5) is 0 Å². The molecule has 4 heteroatoms. The highest BCUT2D eigenvalue weighted by atomic mass is 35.5. The topological polar surface area (TPSA) is 38.7 Å². The van der Waals surface area contributed by atoms with E-state index in [4.69, 9.17) is 16.6 Å². The summed E-state index contributed by atoms with van der Waals surface area (Å²) in [5, 5.41) is 7.10. The zero-order valence-electron chi connectivity index (χ0n) is 23.1. The third-order valence-electron chi connectivity index (χ3n) is 8.04. The molecule has 0 radical (unpaired) electrons. The Morgan fingerprint density at radius 3 is 1.81 bits per heavy atom. The maximum Gasteiger partial charge on any atom is 0.226 e. The fourth-order valence-electron chi connectivity index (χ4n) is 5.92. The van der Waals surface area contributed by atoms with Crippen LogP contribution in [0.1, 0.15) is 0 Å². The van der Waals surface area contributed by atoms with Gasteiger partial charge in [0.1, 0.15) is 0 Å². The number of halogens is 1. The Kier molecular flexibility index (Phi) is 6.17. The first kappa shape index (κ1) is 25.3. The van der Waals surface area contributed by atoms with E-state index in [-0.39, 0.29) is 5.28 Å². The Morgan fingerprint density at radius 1 is 0.349 bits per heavy atom. The van der Waals surface area contributed by atoms with E-state index in [1.165, 1.54) is 33.0 Å². The zero-order chi connectivity index (χ0) is 28.8. The lowest BCUT2D eigenvalue weighted by molar-refractivity contribution is 1.07. The summed E-state index contributed by atoms with van der Waals surface area (Å²) in [6, 6.07) is 50.9. The van der Waals surface area contributed by atoms with Gasteiger partial charge in [0.2, 0.25) is 5.28 Å². The van der Waals surface area contributed by atoms with Crippen LogP contribution in [0.5, 0.6) is 0 Å². The molecule has 8 aromatic rings. The highest BCUT2D eigenvalue weighted by molar-refractivity contribution is 6.28. The second-order valence-corrected chi connectivity index (χ2v) is 11.0. The molecule has 0 amide bonds. The summed E-state index contributed by atoms with van der Waals surface area (Å²) < 4.78 is 0. The van der Waals surface area contributed by atoms with Crippen LogP contribution in [0.25, 0.3) is 77.3 Å². The standard InChI is InChI=1S/C39H24ClN3/c40-39-42-37(41-38(43-39)36-15-7-12-30-22-27(20-21-35(30)36)25-8-2-1-3-9-25)32-19-17-28-23-31(18-16-29(28)24-32)34-14-6-11-26-10-4-5-13-33(26)34/h1-24H. The smallest absolute Gasteiger partial charge is 0.208 e. The number of hydrogen-bond donors (Lipinski definition) is 0. The van der Waals surface area contributed by atoms with Crippen molar-refractivity contribution in [3.63, 3.8) is 0 Å². The maximum atomic E-state index is 6.50. The molecule has 0 aliphatic heterocycles. The van der Waals surface area contributed by atoms with Crippen molar-refractivity contribution in [1.82, 2.24) is 15.0 Å². The Morgan fingerprint density at radius 2 is 0.953 bits per heavy atom. The van der Waals surface area contributed by atoms with Crippen molar-refractivity contribution in [1.29, 1.82) is 0 Å². The second kappa shape index (κ2) is 10.5. The van der Waals surface area contributed by atoms with Crippen LogP contribution in [0.15, 0.2) is 146 Å². The fraction of sp³-hybridized carbons (Fsp3) is 0. The molecule has 0 saturated heterocycles. The average molecular weight is 570 g/mol. The van der Waals surface area contributed by atoms with Gasteiger partial charge in [-0.05, 0) is 84.4 Å². The Balaban J connectivity index is 1.18. The first-order valence-electron chi connectivity index (χ1n) is 14.2. The highest BCUT2D eigenvalue weighted by Gasteiger charge is 2.14. The summed E-state index contributed by atoms with van der Waals surface area (Å²) in [5.41, 5.74) is 6.57. The summed E-state index contributed by atoms with van der Waals surface area (Å²) in [7, 11) is 0. The van der Waals surface area contributed by atoms with Crippen LogP contribution >= 0.6 is 11.6 Å². The second-order valence-electron chi connectivity index (χ2n) is 10.7. The number of fused-ring (bicyclic) bond motifs is 3. The number of hydrogen-bond acceptors (Lipinski definition) is 3. The van der Waals surface area contributed by atoms with Crippen molar-refractivity contribution >= 4 is 43.9 Å². The van der Waals surface area contributed by atoms with E-state index in [1.54, 1.807) is 0 Å². The third kappa shape index (κ3) is 4.70. The van der Waals surface area contributed by atoms with Crippen molar-refractivity contribution < 1.29 is 0 Å². The number of nitrogens with zero attached hydrogens (tertiary/aromatic N) is 3. The van der Waals surface area contributed by atoms with E-state index in [0.717, 1.165) is 32.7 Å². The van der Waals surface area contributed by atoms with Crippen LogP contribution in [0.3, 0.4) is 0 Å². The quantitative estimate of drug-likeness (QED) is 0.211. The molecule has 8 rings (SSSR count). The maximum absolute atomic E-state index is 6.50. The normalized spacial score (nSPS) is 11.4. The van der Waals surface area contributed by atoms with Crippen LogP contribution in [-0.2, 0) is 0 Å². The molecule has 0 N–H and O–H groups in total. The number of benzene rings is 7. The van der Waals surface area contributed by atoms with E-state index >= 15 is 0 Å². The molecule has 0 aliphatic rings. The molecule has 0 fully saturated rings. The molecule has 0 unspecified atom stereocenters. The summed E-state index contributed by atoms with van der Waals surface area (Å²) in [4.78, 5) is 14.0. The van der Waals surface area contributed by atoms with Gasteiger partial charge in [-0.15, -0.1) is 0 Å². The molecule has 202 valence electrons. The lowest BCUT2D eigenvalue weighted by Crippen LogP contribution is -1.98. The molecule has 0 saturated carbocycles. The van der Waals surface area contributed by atoms with Gasteiger partial charge in [0.15, 0.2) is 11.6 Å². The Labute approximate surface area is 254 Å². The third-order valence-corrected chi connectivity index (χ3v) is 8.20. The first-order valence-corrected chi connectivity index (χ1v) is 14.6. The molecular weight excluding hydrogens is 546 g/mol. The van der Waals surface area contributed by atoms with E-state index in [1.807, 2.05) is 18.2 Å². The molecule has 1 aromatic heterocycles. The van der Waals surface area contributed by atoms with Gasteiger partial charge in [0.25, 0.3) is 0 Å². The summed E-state index contributed by atoms with van der Waals surface area (Å²) >= 11 is 6.50. The van der Waals surface area contributed by atoms with Crippen LogP contribution in [0, 0.1) is 0 Å². The largest absolute Gasteiger partial charge is 0.226 e. The monoisotopic (exact) mass is 569 g/mol. The van der Waals surface area contributed by atoms with E-state index in [2.05, 4.69) is 137 Å². The SMILES string of the molecule is Clc1nc(-c2ccc3cc(-c4cccc5ccccc45)ccc3c2)nc(-c2cccc3cc(-c4ccccc4)ccc23)n1. The molecule has 7 aromatic carbocycles. The van der Waals surface area contributed by atoms with E-state index < -0.39 is 0 Å². The van der Waals surface area contributed by atoms with Crippen LogP contribution < -0.4 is 0 Å².